The predicted octanol–water partition coefficient (Wildman–Crippen LogP) is 1.18. The van der Waals surface area contributed by atoms with Gasteiger partial charge in [-0.1, -0.05) is 0 Å². The first-order chi connectivity index (χ1) is 8.17. The molecule has 3 N–H and O–H groups in total. The molecule has 5 heteroatoms. The lowest BCUT2D eigenvalue weighted by molar-refractivity contribution is -0.121. The minimum Gasteiger partial charge on any atom is -0.497 e. The summed E-state index contributed by atoms with van der Waals surface area (Å²) in [4.78, 5) is 11.2. The highest BCUT2D eigenvalue weighted by Crippen LogP contribution is 2.26. The smallest absolute Gasteiger partial charge is 0.223 e. The summed E-state index contributed by atoms with van der Waals surface area (Å²) in [6.07, 6.45) is 0.319. The fourth-order valence-electron chi connectivity index (χ4n) is 1.32. The third-order valence-corrected chi connectivity index (χ3v) is 2.18. The summed E-state index contributed by atoms with van der Waals surface area (Å²) >= 11 is 0. The Morgan fingerprint density at radius 2 is 2.24 bits per heavy atom. The van der Waals surface area contributed by atoms with E-state index >= 15 is 0 Å². The van der Waals surface area contributed by atoms with Crippen molar-refractivity contribution in [2.24, 2.45) is 0 Å². The molecule has 0 unspecified atom stereocenters. The summed E-state index contributed by atoms with van der Waals surface area (Å²) in [6.45, 7) is 2.81. The van der Waals surface area contributed by atoms with E-state index in [1.54, 1.807) is 25.3 Å². The number of benzene rings is 1. The van der Waals surface area contributed by atoms with E-state index in [0.29, 0.717) is 36.8 Å². The van der Waals surface area contributed by atoms with Gasteiger partial charge in [-0.2, -0.15) is 0 Å². The summed E-state index contributed by atoms with van der Waals surface area (Å²) < 4.78 is 10.4. The van der Waals surface area contributed by atoms with E-state index in [0.717, 1.165) is 0 Å². The van der Waals surface area contributed by atoms with Crippen molar-refractivity contribution in [2.75, 3.05) is 26.0 Å². The van der Waals surface area contributed by atoms with Crippen LogP contribution < -0.4 is 20.5 Å². The summed E-state index contributed by atoms with van der Waals surface area (Å²) in [5, 5.41) is 2.69. The van der Waals surface area contributed by atoms with E-state index in [-0.39, 0.29) is 5.91 Å². The molecule has 0 atom stereocenters. The van der Waals surface area contributed by atoms with Crippen molar-refractivity contribution in [3.63, 3.8) is 0 Å². The molecule has 1 aromatic rings. The SMILES string of the molecule is CCNC(=O)CCOc1ccc(OC)cc1N. The predicted molar refractivity (Wildman–Crippen MR) is 66.2 cm³/mol. The monoisotopic (exact) mass is 238 g/mol. The molecule has 0 spiro atoms. The maximum absolute atomic E-state index is 11.2. The number of nitrogens with two attached hydrogens (primary N) is 1. The first-order valence-electron chi connectivity index (χ1n) is 5.50. The highest BCUT2D eigenvalue weighted by Gasteiger charge is 2.04. The normalized spacial score (nSPS) is 9.76. The van der Waals surface area contributed by atoms with Crippen molar-refractivity contribution >= 4 is 11.6 Å². The lowest BCUT2D eigenvalue weighted by Crippen LogP contribution is -2.24. The van der Waals surface area contributed by atoms with Gasteiger partial charge in [0.2, 0.25) is 5.91 Å². The molecule has 0 aromatic heterocycles. The zero-order chi connectivity index (χ0) is 12.7. The molecule has 0 saturated carbocycles. The van der Waals surface area contributed by atoms with Crippen LogP contribution in [0.1, 0.15) is 13.3 Å². The molecule has 0 fully saturated rings. The average molecular weight is 238 g/mol. The van der Waals surface area contributed by atoms with Crippen LogP contribution >= 0.6 is 0 Å². The Morgan fingerprint density at radius 1 is 1.47 bits per heavy atom. The number of anilines is 1. The van der Waals surface area contributed by atoms with Crippen LogP contribution in [0.2, 0.25) is 0 Å². The molecule has 1 amide bonds. The van der Waals surface area contributed by atoms with Gasteiger partial charge in [0.1, 0.15) is 11.5 Å². The fraction of sp³-hybridized carbons (Fsp3) is 0.417. The molecule has 0 aliphatic carbocycles. The van der Waals surface area contributed by atoms with E-state index in [9.17, 15) is 4.79 Å². The molecular formula is C12H18N2O3. The van der Waals surface area contributed by atoms with Crippen molar-refractivity contribution in [3.8, 4) is 11.5 Å². The van der Waals surface area contributed by atoms with Crippen LogP contribution in [0.15, 0.2) is 18.2 Å². The topological polar surface area (TPSA) is 73.6 Å². The van der Waals surface area contributed by atoms with Gasteiger partial charge in [0, 0.05) is 12.6 Å². The van der Waals surface area contributed by atoms with Gasteiger partial charge in [0.15, 0.2) is 0 Å². The second-order valence-electron chi connectivity index (χ2n) is 3.46. The Hall–Kier alpha value is -1.91. The molecule has 0 saturated heterocycles. The minimum atomic E-state index is -0.0282. The van der Waals surface area contributed by atoms with E-state index in [1.807, 2.05) is 6.92 Å². The van der Waals surface area contributed by atoms with Crippen molar-refractivity contribution in [1.29, 1.82) is 0 Å². The number of nitrogens with one attached hydrogen (secondary N) is 1. The van der Waals surface area contributed by atoms with Crippen molar-refractivity contribution in [2.45, 2.75) is 13.3 Å². The molecule has 17 heavy (non-hydrogen) atoms. The first kappa shape index (κ1) is 13.2. The third kappa shape index (κ3) is 4.22. The maximum Gasteiger partial charge on any atom is 0.223 e. The molecule has 1 aromatic carbocycles. The fourth-order valence-corrected chi connectivity index (χ4v) is 1.32. The second kappa shape index (κ2) is 6.62. The number of methoxy groups -OCH3 is 1. The number of carbonyl (C=O) groups is 1. The number of rotatable bonds is 6. The molecule has 0 radical (unpaired) electrons. The number of carbonyl (C=O) groups excluding carboxylic acids is 1. The van der Waals surface area contributed by atoms with Gasteiger partial charge in [-0.05, 0) is 19.1 Å². The van der Waals surface area contributed by atoms with Gasteiger partial charge in [-0.3, -0.25) is 4.79 Å². The van der Waals surface area contributed by atoms with Crippen LogP contribution in [0.4, 0.5) is 5.69 Å². The maximum atomic E-state index is 11.2. The molecule has 0 heterocycles. The number of amides is 1. The van der Waals surface area contributed by atoms with Crippen molar-refractivity contribution in [1.82, 2.24) is 5.32 Å². The van der Waals surface area contributed by atoms with Gasteiger partial charge < -0.3 is 20.5 Å². The van der Waals surface area contributed by atoms with Gasteiger partial charge in [0.05, 0.1) is 25.8 Å². The zero-order valence-electron chi connectivity index (χ0n) is 10.2. The molecule has 0 aliphatic rings. The Bertz CT molecular complexity index is 380. The molecule has 94 valence electrons. The zero-order valence-corrected chi connectivity index (χ0v) is 10.2. The molecule has 1 rings (SSSR count). The van der Waals surface area contributed by atoms with Gasteiger partial charge in [0.25, 0.3) is 0 Å². The Balaban J connectivity index is 2.44. The first-order valence-corrected chi connectivity index (χ1v) is 5.50. The van der Waals surface area contributed by atoms with Gasteiger partial charge in [-0.15, -0.1) is 0 Å². The minimum absolute atomic E-state index is 0.0282. The van der Waals surface area contributed by atoms with Crippen LogP contribution in [0.25, 0.3) is 0 Å². The highest BCUT2D eigenvalue weighted by molar-refractivity contribution is 5.75. The highest BCUT2D eigenvalue weighted by atomic mass is 16.5. The Kier molecular flexibility index (Phi) is 5.13. The number of nitrogen functional groups attached to an aromatic ring is 1. The summed E-state index contributed by atoms with van der Waals surface area (Å²) in [5.41, 5.74) is 6.27. The van der Waals surface area contributed by atoms with E-state index in [1.165, 1.54) is 0 Å². The van der Waals surface area contributed by atoms with Crippen molar-refractivity contribution < 1.29 is 14.3 Å². The quantitative estimate of drug-likeness (QED) is 0.730. The lowest BCUT2D eigenvalue weighted by atomic mass is 10.3. The lowest BCUT2D eigenvalue weighted by Gasteiger charge is -2.09. The van der Waals surface area contributed by atoms with Gasteiger partial charge >= 0.3 is 0 Å². The number of hydrogen-bond acceptors (Lipinski definition) is 4. The molecule has 0 bridgehead atoms. The summed E-state index contributed by atoms with van der Waals surface area (Å²) in [6, 6.07) is 5.17. The molecular weight excluding hydrogens is 220 g/mol. The number of hydrogen-bond donors (Lipinski definition) is 2. The third-order valence-electron chi connectivity index (χ3n) is 2.18. The van der Waals surface area contributed by atoms with Crippen molar-refractivity contribution in [3.05, 3.63) is 18.2 Å². The number of ether oxygens (including phenoxy) is 2. The average Bonchev–Trinajstić information content (AvgIpc) is 2.31. The van der Waals surface area contributed by atoms with Crippen LogP contribution in [-0.4, -0.2) is 26.2 Å². The second-order valence-corrected chi connectivity index (χ2v) is 3.46. The van der Waals surface area contributed by atoms with Gasteiger partial charge in [-0.25, -0.2) is 0 Å². The van der Waals surface area contributed by atoms with E-state index in [4.69, 9.17) is 15.2 Å². The van der Waals surface area contributed by atoms with Crippen LogP contribution in [0, 0.1) is 0 Å². The Labute approximate surface area is 101 Å². The van der Waals surface area contributed by atoms with Crippen LogP contribution in [0.5, 0.6) is 11.5 Å². The largest absolute Gasteiger partial charge is 0.497 e. The summed E-state index contributed by atoms with van der Waals surface area (Å²) in [5.74, 6) is 1.22. The van der Waals surface area contributed by atoms with E-state index in [2.05, 4.69) is 5.32 Å². The standard InChI is InChI=1S/C12H18N2O3/c1-3-14-12(15)6-7-17-11-5-4-9(16-2)8-10(11)13/h4-5,8H,3,6-7,13H2,1-2H3,(H,14,15). The molecule has 0 aliphatic heterocycles. The Morgan fingerprint density at radius 3 is 2.82 bits per heavy atom. The van der Waals surface area contributed by atoms with Crippen LogP contribution in [0.3, 0.4) is 0 Å². The van der Waals surface area contributed by atoms with Crippen LogP contribution in [-0.2, 0) is 4.79 Å². The van der Waals surface area contributed by atoms with E-state index < -0.39 is 0 Å². The summed E-state index contributed by atoms with van der Waals surface area (Å²) in [7, 11) is 1.57. The molecule has 5 nitrogen and oxygen atoms in total.